The van der Waals surface area contributed by atoms with Gasteiger partial charge in [-0.05, 0) is 31.2 Å². The Morgan fingerprint density at radius 3 is 2.69 bits per heavy atom. The Hall–Kier alpha value is -1.68. The smallest absolute Gasteiger partial charge is 0.150 e. The van der Waals surface area contributed by atoms with Crippen LogP contribution in [-0.2, 0) is 6.61 Å². The maximum atomic E-state index is 10.5. The highest BCUT2D eigenvalue weighted by Crippen LogP contribution is 2.16. The summed E-state index contributed by atoms with van der Waals surface area (Å²) in [6, 6.07) is 7.05. The number of carbonyl (C=O) groups is 1. The third-order valence-electron chi connectivity index (χ3n) is 2.07. The van der Waals surface area contributed by atoms with Crippen LogP contribution in [0.5, 0.6) is 5.75 Å². The van der Waals surface area contributed by atoms with Gasteiger partial charge in [0, 0.05) is 11.8 Å². The molecule has 1 heterocycles. The van der Waals surface area contributed by atoms with Crippen LogP contribution in [0.3, 0.4) is 0 Å². The van der Waals surface area contributed by atoms with E-state index in [1.54, 1.807) is 35.6 Å². The molecule has 4 heteroatoms. The zero-order valence-corrected chi connectivity index (χ0v) is 9.66. The molecule has 0 aliphatic heterocycles. The molecule has 0 bridgehead atoms. The molecular weight excluding hydrogens is 222 g/mol. The molecule has 0 saturated carbocycles. The van der Waals surface area contributed by atoms with E-state index in [-0.39, 0.29) is 0 Å². The number of carbonyl (C=O) groups excluding carboxylic acids is 1. The lowest BCUT2D eigenvalue weighted by molar-refractivity contribution is 0.112. The van der Waals surface area contributed by atoms with E-state index in [1.807, 2.05) is 13.1 Å². The van der Waals surface area contributed by atoms with Gasteiger partial charge < -0.3 is 4.74 Å². The minimum atomic E-state index is 0.520. The van der Waals surface area contributed by atoms with Gasteiger partial charge in [0.2, 0.25) is 0 Å². The van der Waals surface area contributed by atoms with E-state index in [2.05, 4.69) is 4.98 Å². The Balaban J connectivity index is 1.96. The molecular formula is C12H11NO2S. The van der Waals surface area contributed by atoms with Gasteiger partial charge in [0.25, 0.3) is 0 Å². The van der Waals surface area contributed by atoms with Gasteiger partial charge in [0.05, 0.1) is 9.88 Å². The third kappa shape index (κ3) is 2.67. The molecule has 0 saturated heterocycles. The van der Waals surface area contributed by atoms with Gasteiger partial charge in [-0.3, -0.25) is 4.79 Å². The van der Waals surface area contributed by atoms with Crippen LogP contribution >= 0.6 is 11.3 Å². The normalized spacial score (nSPS) is 10.1. The minimum absolute atomic E-state index is 0.520. The summed E-state index contributed by atoms with van der Waals surface area (Å²) in [6.07, 6.45) is 2.64. The number of rotatable bonds is 4. The van der Waals surface area contributed by atoms with E-state index < -0.39 is 0 Å². The quantitative estimate of drug-likeness (QED) is 0.762. The Kier molecular flexibility index (Phi) is 3.31. The molecule has 3 nitrogen and oxygen atoms in total. The molecule has 0 radical (unpaired) electrons. The van der Waals surface area contributed by atoms with Gasteiger partial charge in [0.15, 0.2) is 0 Å². The number of nitrogens with zero attached hydrogens (tertiary/aromatic N) is 1. The molecule has 82 valence electrons. The summed E-state index contributed by atoms with van der Waals surface area (Å²) in [7, 11) is 0. The second-order valence-corrected chi connectivity index (χ2v) is 4.64. The summed E-state index contributed by atoms with van der Waals surface area (Å²) >= 11 is 1.62. The van der Waals surface area contributed by atoms with E-state index in [1.165, 1.54) is 0 Å². The standard InChI is InChI=1S/C12H11NO2S/c1-9-13-6-12(16-9)8-15-11-4-2-10(7-14)3-5-11/h2-7H,8H2,1H3. The lowest BCUT2D eigenvalue weighted by Gasteiger charge is -2.03. The number of aldehydes is 1. The van der Waals surface area contributed by atoms with Crippen molar-refractivity contribution in [2.24, 2.45) is 0 Å². The van der Waals surface area contributed by atoms with Crippen molar-refractivity contribution in [2.75, 3.05) is 0 Å². The molecule has 0 aliphatic rings. The molecule has 0 fully saturated rings. The van der Waals surface area contributed by atoms with Crippen molar-refractivity contribution in [3.63, 3.8) is 0 Å². The third-order valence-corrected chi connectivity index (χ3v) is 2.95. The summed E-state index contributed by atoms with van der Waals surface area (Å²) in [5.74, 6) is 0.761. The number of thiazole rings is 1. The molecule has 0 spiro atoms. The molecule has 0 aliphatic carbocycles. The monoisotopic (exact) mass is 233 g/mol. The number of ether oxygens (including phenoxy) is 1. The summed E-state index contributed by atoms with van der Waals surface area (Å²) in [6.45, 7) is 2.49. The second-order valence-electron chi connectivity index (χ2n) is 3.32. The predicted octanol–water partition coefficient (Wildman–Crippen LogP) is 2.84. The molecule has 1 aromatic carbocycles. The van der Waals surface area contributed by atoms with Crippen LogP contribution in [0.15, 0.2) is 30.5 Å². The Labute approximate surface area is 97.7 Å². The summed E-state index contributed by atoms with van der Waals surface area (Å²) < 4.78 is 5.56. The van der Waals surface area contributed by atoms with Crippen molar-refractivity contribution in [1.82, 2.24) is 4.98 Å². The molecule has 0 atom stereocenters. The van der Waals surface area contributed by atoms with Gasteiger partial charge in [0.1, 0.15) is 18.6 Å². The summed E-state index contributed by atoms with van der Waals surface area (Å²) in [5, 5.41) is 1.04. The molecule has 16 heavy (non-hydrogen) atoms. The Bertz CT molecular complexity index is 476. The fraction of sp³-hybridized carbons (Fsp3) is 0.167. The lowest BCUT2D eigenvalue weighted by atomic mass is 10.2. The van der Waals surface area contributed by atoms with Crippen LogP contribution < -0.4 is 4.74 Å². The van der Waals surface area contributed by atoms with Crippen molar-refractivity contribution < 1.29 is 9.53 Å². The highest BCUT2D eigenvalue weighted by molar-refractivity contribution is 7.11. The van der Waals surface area contributed by atoms with E-state index in [0.29, 0.717) is 12.2 Å². The number of aryl methyl sites for hydroxylation is 1. The van der Waals surface area contributed by atoms with Crippen molar-refractivity contribution in [3.8, 4) is 5.75 Å². The van der Waals surface area contributed by atoms with Crippen molar-refractivity contribution in [2.45, 2.75) is 13.5 Å². The van der Waals surface area contributed by atoms with Crippen LogP contribution in [0.4, 0.5) is 0 Å². The molecule has 1 aromatic heterocycles. The summed E-state index contributed by atoms with van der Waals surface area (Å²) in [5.41, 5.74) is 0.654. The van der Waals surface area contributed by atoms with Gasteiger partial charge in [-0.1, -0.05) is 0 Å². The second kappa shape index (κ2) is 4.90. The first-order valence-electron chi connectivity index (χ1n) is 4.87. The molecule has 0 amide bonds. The first-order chi connectivity index (χ1) is 7.78. The first kappa shape index (κ1) is 10.8. The zero-order chi connectivity index (χ0) is 11.4. The van der Waals surface area contributed by atoms with E-state index >= 15 is 0 Å². The van der Waals surface area contributed by atoms with Gasteiger partial charge in [-0.2, -0.15) is 0 Å². The van der Waals surface area contributed by atoms with Crippen LogP contribution in [0.1, 0.15) is 20.2 Å². The number of aromatic nitrogens is 1. The average molecular weight is 233 g/mol. The number of hydrogen-bond acceptors (Lipinski definition) is 4. The zero-order valence-electron chi connectivity index (χ0n) is 8.84. The molecule has 2 aromatic rings. The summed E-state index contributed by atoms with van der Waals surface area (Å²) in [4.78, 5) is 15.7. The minimum Gasteiger partial charge on any atom is -0.488 e. The van der Waals surface area contributed by atoms with Crippen LogP contribution in [0.25, 0.3) is 0 Å². The molecule has 0 unspecified atom stereocenters. The van der Waals surface area contributed by atoms with Gasteiger partial charge >= 0.3 is 0 Å². The highest BCUT2D eigenvalue weighted by atomic mass is 32.1. The average Bonchev–Trinajstić information content (AvgIpc) is 2.73. The van der Waals surface area contributed by atoms with Crippen molar-refractivity contribution in [3.05, 3.63) is 45.9 Å². The maximum absolute atomic E-state index is 10.5. The Morgan fingerprint density at radius 2 is 2.12 bits per heavy atom. The maximum Gasteiger partial charge on any atom is 0.150 e. The SMILES string of the molecule is Cc1ncc(COc2ccc(C=O)cc2)s1. The lowest BCUT2D eigenvalue weighted by Crippen LogP contribution is -1.92. The van der Waals surface area contributed by atoms with E-state index in [0.717, 1.165) is 21.9 Å². The van der Waals surface area contributed by atoms with Crippen LogP contribution in [0.2, 0.25) is 0 Å². The number of hydrogen-bond donors (Lipinski definition) is 0. The van der Waals surface area contributed by atoms with Crippen LogP contribution in [0, 0.1) is 6.92 Å². The Morgan fingerprint density at radius 1 is 1.38 bits per heavy atom. The molecule has 2 rings (SSSR count). The predicted molar refractivity (Wildman–Crippen MR) is 63.0 cm³/mol. The largest absolute Gasteiger partial charge is 0.488 e. The van der Waals surface area contributed by atoms with Gasteiger partial charge in [-0.15, -0.1) is 11.3 Å². The first-order valence-corrected chi connectivity index (χ1v) is 5.69. The number of benzene rings is 1. The van der Waals surface area contributed by atoms with E-state index in [9.17, 15) is 4.79 Å². The van der Waals surface area contributed by atoms with Crippen molar-refractivity contribution >= 4 is 17.6 Å². The van der Waals surface area contributed by atoms with E-state index in [4.69, 9.17) is 4.74 Å². The van der Waals surface area contributed by atoms with Crippen LogP contribution in [-0.4, -0.2) is 11.3 Å². The fourth-order valence-corrected chi connectivity index (χ4v) is 1.98. The fourth-order valence-electron chi connectivity index (χ4n) is 1.27. The topological polar surface area (TPSA) is 39.2 Å². The highest BCUT2D eigenvalue weighted by Gasteiger charge is 1.99. The van der Waals surface area contributed by atoms with Gasteiger partial charge in [-0.25, -0.2) is 4.98 Å². The molecule has 0 N–H and O–H groups in total. The van der Waals surface area contributed by atoms with Crippen molar-refractivity contribution in [1.29, 1.82) is 0 Å².